The number of nitrogens with zero attached hydrogens (tertiary/aromatic N) is 1. The van der Waals surface area contributed by atoms with Crippen molar-refractivity contribution < 1.29 is 9.13 Å². The van der Waals surface area contributed by atoms with Crippen molar-refractivity contribution in [2.75, 3.05) is 0 Å². The van der Waals surface area contributed by atoms with Crippen molar-refractivity contribution in [1.82, 2.24) is 0 Å². The first-order valence-electron chi connectivity index (χ1n) is 10.9. The quantitative estimate of drug-likeness (QED) is 0.271. The number of aliphatic imine (C=N–C) groups is 1. The summed E-state index contributed by atoms with van der Waals surface area (Å²) in [4.78, 5) is 5.91. The Labute approximate surface area is 211 Å². The minimum absolute atomic E-state index is 0.101. The number of halogens is 3. The van der Waals surface area contributed by atoms with Crippen molar-refractivity contribution >= 4 is 46.4 Å². The van der Waals surface area contributed by atoms with Gasteiger partial charge in [-0.1, -0.05) is 65.7 Å². The van der Waals surface area contributed by atoms with Crippen LogP contribution < -0.4 is 4.74 Å². The smallest absolute Gasteiger partial charge is 0.134 e. The highest BCUT2D eigenvalue weighted by Crippen LogP contribution is 2.55. The number of benzene rings is 4. The van der Waals surface area contributed by atoms with Gasteiger partial charge in [0.1, 0.15) is 17.7 Å². The van der Waals surface area contributed by atoms with E-state index in [9.17, 15) is 4.39 Å². The van der Waals surface area contributed by atoms with Gasteiger partial charge < -0.3 is 4.74 Å². The van der Waals surface area contributed by atoms with Crippen LogP contribution in [0, 0.1) is 11.7 Å². The first kappa shape index (κ1) is 21.7. The van der Waals surface area contributed by atoms with Gasteiger partial charge in [-0.2, -0.15) is 0 Å². The van der Waals surface area contributed by atoms with Crippen molar-refractivity contribution in [3.63, 3.8) is 0 Å². The molecule has 3 unspecified atom stereocenters. The normalized spacial score (nSPS) is 20.8. The molecule has 0 radical (unpaired) electrons. The molecule has 0 saturated heterocycles. The molecule has 2 nitrogen and oxygen atoms in total. The van der Waals surface area contributed by atoms with E-state index in [1.165, 1.54) is 6.07 Å². The number of hydrogen-bond acceptors (Lipinski definition) is 3. The fourth-order valence-corrected chi connectivity index (χ4v) is 6.33. The van der Waals surface area contributed by atoms with Gasteiger partial charge in [-0.25, -0.2) is 4.39 Å². The van der Waals surface area contributed by atoms with Gasteiger partial charge in [0.15, 0.2) is 0 Å². The maximum absolute atomic E-state index is 14.3. The largest absolute Gasteiger partial charge is 0.484 e. The van der Waals surface area contributed by atoms with Crippen LogP contribution in [0.5, 0.6) is 5.75 Å². The van der Waals surface area contributed by atoms with Crippen LogP contribution in [0.25, 0.3) is 0 Å². The predicted octanol–water partition coefficient (Wildman–Crippen LogP) is 8.85. The van der Waals surface area contributed by atoms with E-state index in [0.717, 1.165) is 38.7 Å². The molecule has 4 aromatic carbocycles. The Balaban J connectivity index is 1.63. The highest BCUT2D eigenvalue weighted by Gasteiger charge is 2.44. The third kappa shape index (κ3) is 3.90. The summed E-state index contributed by atoms with van der Waals surface area (Å²) in [5, 5.41) is 1.18. The van der Waals surface area contributed by atoms with Crippen molar-refractivity contribution in [2.24, 2.45) is 10.9 Å². The monoisotopic (exact) mass is 505 g/mol. The van der Waals surface area contributed by atoms with Crippen molar-refractivity contribution in [2.45, 2.75) is 16.2 Å². The summed E-state index contributed by atoms with van der Waals surface area (Å²) in [5.41, 5.74) is 4.61. The number of rotatable bonds is 2. The van der Waals surface area contributed by atoms with E-state index >= 15 is 0 Å². The second-order valence-electron chi connectivity index (χ2n) is 8.31. The second kappa shape index (κ2) is 8.77. The zero-order valence-electron chi connectivity index (χ0n) is 17.8. The molecule has 2 heterocycles. The van der Waals surface area contributed by atoms with Gasteiger partial charge in [0, 0.05) is 25.8 Å². The molecule has 2 aliphatic rings. The van der Waals surface area contributed by atoms with Crippen LogP contribution in [0.1, 0.15) is 28.0 Å². The number of fused-ring (bicyclic) bond motifs is 4. The molecule has 0 spiro atoms. The Bertz CT molecular complexity index is 1410. The van der Waals surface area contributed by atoms with E-state index in [1.807, 2.05) is 60.7 Å². The molecule has 0 bridgehead atoms. The Kier molecular flexibility index (Phi) is 5.60. The minimum Gasteiger partial charge on any atom is -0.484 e. The molecule has 34 heavy (non-hydrogen) atoms. The van der Waals surface area contributed by atoms with E-state index in [-0.39, 0.29) is 23.1 Å². The average molecular weight is 506 g/mol. The molecule has 0 N–H and O–H groups in total. The zero-order chi connectivity index (χ0) is 23.2. The van der Waals surface area contributed by atoms with Crippen LogP contribution in [0.2, 0.25) is 10.0 Å². The molecule has 6 heteroatoms. The Hall–Kier alpha value is -2.79. The molecule has 168 valence electrons. The van der Waals surface area contributed by atoms with Crippen molar-refractivity contribution in [3.05, 3.63) is 124 Å². The van der Waals surface area contributed by atoms with Crippen LogP contribution in [0.15, 0.2) is 101 Å². The minimum atomic E-state index is -0.291. The molecular weight excluding hydrogens is 488 g/mol. The lowest BCUT2D eigenvalue weighted by Crippen LogP contribution is -2.35. The van der Waals surface area contributed by atoms with Crippen LogP contribution >= 0.6 is 35.0 Å². The highest BCUT2D eigenvalue weighted by atomic mass is 35.5. The molecule has 6 rings (SSSR count). The van der Waals surface area contributed by atoms with E-state index in [4.69, 9.17) is 32.9 Å². The summed E-state index contributed by atoms with van der Waals surface area (Å²) in [7, 11) is 0. The molecule has 2 aliphatic heterocycles. The first-order chi connectivity index (χ1) is 16.6. The fraction of sp³-hybridized carbons (Fsp3) is 0.107. The van der Waals surface area contributed by atoms with Gasteiger partial charge in [-0.05, 0) is 59.7 Å². The van der Waals surface area contributed by atoms with Crippen LogP contribution in [0.3, 0.4) is 0 Å². The average Bonchev–Trinajstić information content (AvgIpc) is 3.02. The highest BCUT2D eigenvalue weighted by molar-refractivity contribution is 7.99. The lowest BCUT2D eigenvalue weighted by atomic mass is 9.80. The van der Waals surface area contributed by atoms with E-state index in [0.29, 0.717) is 10.0 Å². The van der Waals surface area contributed by atoms with Gasteiger partial charge in [0.2, 0.25) is 0 Å². The van der Waals surface area contributed by atoms with Crippen LogP contribution in [-0.4, -0.2) is 5.71 Å². The molecule has 0 amide bonds. The number of hydrogen-bond donors (Lipinski definition) is 0. The van der Waals surface area contributed by atoms with E-state index in [1.54, 1.807) is 23.9 Å². The molecule has 0 aromatic heterocycles. The number of thioether (sulfide) groups is 1. The third-order valence-electron chi connectivity index (χ3n) is 6.18. The van der Waals surface area contributed by atoms with Gasteiger partial charge in [-0.15, -0.1) is 11.8 Å². The molecule has 0 aliphatic carbocycles. The van der Waals surface area contributed by atoms with Gasteiger partial charge in [0.05, 0.1) is 17.3 Å². The van der Waals surface area contributed by atoms with Gasteiger partial charge >= 0.3 is 0 Å². The van der Waals surface area contributed by atoms with E-state index in [2.05, 4.69) is 12.1 Å². The molecule has 3 atom stereocenters. The zero-order valence-corrected chi connectivity index (χ0v) is 20.1. The topological polar surface area (TPSA) is 21.6 Å². The SMILES string of the molecule is Fc1ccc2c(c1)SC(c1ccc(Cl)cc1)C1C(=N2)c2cc(Cl)ccc2OC1c1ccccc1. The standard InChI is InChI=1S/C28H18Cl2FNOS/c29-18-8-6-17(7-9-18)28-25-26(32-22-12-11-20(31)15-24(22)34-28)21-14-19(30)10-13-23(21)33-27(25)16-4-2-1-3-5-16/h1-15,25,27-28H. The second-order valence-corrected chi connectivity index (χ2v) is 10.4. The summed E-state index contributed by atoms with van der Waals surface area (Å²) in [6.07, 6.45) is -0.291. The summed E-state index contributed by atoms with van der Waals surface area (Å²) in [5.74, 6) is 0.291. The summed E-state index contributed by atoms with van der Waals surface area (Å²) in [6.45, 7) is 0. The lowest BCUT2D eigenvalue weighted by molar-refractivity contribution is 0.156. The number of ether oxygens (including phenoxy) is 1. The van der Waals surface area contributed by atoms with Crippen molar-refractivity contribution in [3.8, 4) is 5.75 Å². The Morgan fingerprint density at radius 2 is 1.56 bits per heavy atom. The molecule has 0 fully saturated rings. The maximum atomic E-state index is 14.3. The maximum Gasteiger partial charge on any atom is 0.134 e. The summed E-state index contributed by atoms with van der Waals surface area (Å²) in [6, 6.07) is 28.4. The molecule has 4 aromatic rings. The lowest BCUT2D eigenvalue weighted by Gasteiger charge is -2.38. The van der Waals surface area contributed by atoms with Crippen LogP contribution in [-0.2, 0) is 0 Å². The predicted molar refractivity (Wildman–Crippen MR) is 137 cm³/mol. The first-order valence-corrected chi connectivity index (χ1v) is 12.5. The molecule has 0 saturated carbocycles. The van der Waals surface area contributed by atoms with Gasteiger partial charge in [-0.3, -0.25) is 4.99 Å². The Morgan fingerprint density at radius 1 is 0.794 bits per heavy atom. The van der Waals surface area contributed by atoms with Crippen LogP contribution in [0.4, 0.5) is 10.1 Å². The van der Waals surface area contributed by atoms with Gasteiger partial charge in [0.25, 0.3) is 0 Å². The Morgan fingerprint density at radius 3 is 2.35 bits per heavy atom. The third-order valence-corrected chi connectivity index (χ3v) is 8.07. The summed E-state index contributed by atoms with van der Waals surface area (Å²) >= 11 is 14.2. The van der Waals surface area contributed by atoms with E-state index < -0.39 is 0 Å². The summed E-state index contributed by atoms with van der Waals surface area (Å²) < 4.78 is 20.9. The fourth-order valence-electron chi connectivity index (χ4n) is 4.64. The van der Waals surface area contributed by atoms with Crippen molar-refractivity contribution in [1.29, 1.82) is 0 Å². The molecular formula is C28H18Cl2FNOS.